The van der Waals surface area contributed by atoms with E-state index in [0.717, 1.165) is 35.1 Å². The summed E-state index contributed by atoms with van der Waals surface area (Å²) >= 11 is 0. The van der Waals surface area contributed by atoms with E-state index < -0.39 is 0 Å². The average molecular weight is 434 g/mol. The van der Waals surface area contributed by atoms with Crippen LogP contribution >= 0.6 is 0 Å². The minimum Gasteiger partial charge on any atom is -0.488 e. The van der Waals surface area contributed by atoms with Crippen LogP contribution in [0.2, 0.25) is 0 Å². The van der Waals surface area contributed by atoms with Gasteiger partial charge < -0.3 is 14.0 Å². The maximum absolute atomic E-state index is 13.1. The van der Waals surface area contributed by atoms with Crippen LogP contribution in [0.4, 0.5) is 0 Å². The van der Waals surface area contributed by atoms with E-state index in [0.29, 0.717) is 24.4 Å². The summed E-state index contributed by atoms with van der Waals surface area (Å²) in [6, 6.07) is 17.8. The van der Waals surface area contributed by atoms with Gasteiger partial charge in [-0.1, -0.05) is 63.6 Å². The molecule has 4 atom stereocenters. The molecule has 0 saturated heterocycles. The Labute approximate surface area is 191 Å². The average Bonchev–Trinajstić information content (AvgIpc) is 3.22. The van der Waals surface area contributed by atoms with E-state index in [1.165, 1.54) is 6.42 Å². The van der Waals surface area contributed by atoms with E-state index in [1.54, 1.807) is 0 Å². The van der Waals surface area contributed by atoms with E-state index in [9.17, 15) is 4.79 Å². The Morgan fingerprint density at radius 2 is 1.81 bits per heavy atom. The predicted molar refractivity (Wildman–Crippen MR) is 129 cm³/mol. The maximum atomic E-state index is 13.1. The fourth-order valence-electron chi connectivity index (χ4n) is 4.97. The monoisotopic (exact) mass is 433 g/mol. The molecule has 1 aliphatic rings. The minimum absolute atomic E-state index is 0.0142. The molecule has 4 nitrogen and oxygen atoms in total. The van der Waals surface area contributed by atoms with Gasteiger partial charge >= 0.3 is 5.97 Å². The Morgan fingerprint density at radius 1 is 1.03 bits per heavy atom. The molecular formula is C28H35NO3. The molecule has 0 aliphatic heterocycles. The molecule has 1 fully saturated rings. The number of benzene rings is 2. The lowest BCUT2D eigenvalue weighted by molar-refractivity contribution is -0.159. The SMILES string of the molecule is CC1CCC(C(C)C)C(OC(=O)C(C)n2ccc3c(OCc4ccccc4)cccc32)C1. The van der Waals surface area contributed by atoms with Gasteiger partial charge in [-0.15, -0.1) is 0 Å². The zero-order valence-electron chi connectivity index (χ0n) is 19.7. The summed E-state index contributed by atoms with van der Waals surface area (Å²) < 4.78 is 14.2. The first-order valence-corrected chi connectivity index (χ1v) is 11.9. The van der Waals surface area contributed by atoms with Crippen molar-refractivity contribution in [2.45, 2.75) is 65.7 Å². The molecule has 1 saturated carbocycles. The Bertz CT molecular complexity index is 1040. The Hall–Kier alpha value is -2.75. The smallest absolute Gasteiger partial charge is 0.329 e. The van der Waals surface area contributed by atoms with Crippen molar-refractivity contribution in [2.75, 3.05) is 0 Å². The molecule has 170 valence electrons. The van der Waals surface area contributed by atoms with Gasteiger partial charge in [0.25, 0.3) is 0 Å². The fourth-order valence-corrected chi connectivity index (χ4v) is 4.97. The van der Waals surface area contributed by atoms with E-state index in [4.69, 9.17) is 9.47 Å². The molecule has 1 aromatic heterocycles. The van der Waals surface area contributed by atoms with Crippen molar-refractivity contribution < 1.29 is 14.3 Å². The van der Waals surface area contributed by atoms with Crippen molar-refractivity contribution in [1.82, 2.24) is 4.57 Å². The highest BCUT2D eigenvalue weighted by Gasteiger charge is 2.34. The largest absolute Gasteiger partial charge is 0.488 e. The molecule has 4 rings (SSSR count). The lowest BCUT2D eigenvalue weighted by atomic mass is 9.75. The quantitative estimate of drug-likeness (QED) is 0.385. The van der Waals surface area contributed by atoms with Crippen LogP contribution in [-0.4, -0.2) is 16.6 Å². The summed E-state index contributed by atoms with van der Waals surface area (Å²) in [7, 11) is 0. The normalized spacial score (nSPS) is 22.1. The molecular weight excluding hydrogens is 398 g/mol. The molecule has 0 N–H and O–H groups in total. The number of aromatic nitrogens is 1. The topological polar surface area (TPSA) is 40.5 Å². The number of esters is 1. The van der Waals surface area contributed by atoms with Crippen molar-refractivity contribution in [2.24, 2.45) is 17.8 Å². The van der Waals surface area contributed by atoms with Crippen LogP contribution in [0.3, 0.4) is 0 Å². The van der Waals surface area contributed by atoms with Crippen LogP contribution in [0.5, 0.6) is 5.75 Å². The van der Waals surface area contributed by atoms with Gasteiger partial charge in [-0.05, 0) is 61.3 Å². The highest BCUT2D eigenvalue weighted by atomic mass is 16.5. The second kappa shape index (κ2) is 9.81. The molecule has 32 heavy (non-hydrogen) atoms. The van der Waals surface area contributed by atoms with Gasteiger partial charge in [0.15, 0.2) is 0 Å². The number of carbonyl (C=O) groups is 1. The van der Waals surface area contributed by atoms with E-state index in [2.05, 4.69) is 32.9 Å². The molecule has 1 heterocycles. The first-order valence-electron chi connectivity index (χ1n) is 11.9. The fraction of sp³-hybridized carbons (Fsp3) is 0.464. The van der Waals surface area contributed by atoms with Crippen LogP contribution in [0.15, 0.2) is 60.8 Å². The van der Waals surface area contributed by atoms with Crippen molar-refractivity contribution in [3.63, 3.8) is 0 Å². The van der Waals surface area contributed by atoms with Crippen molar-refractivity contribution in [1.29, 1.82) is 0 Å². The zero-order valence-corrected chi connectivity index (χ0v) is 19.7. The molecule has 2 aromatic carbocycles. The van der Waals surface area contributed by atoms with E-state index >= 15 is 0 Å². The van der Waals surface area contributed by atoms with Crippen LogP contribution in [0.1, 0.15) is 58.6 Å². The van der Waals surface area contributed by atoms with Crippen molar-refractivity contribution in [3.8, 4) is 5.75 Å². The molecule has 0 amide bonds. The molecule has 0 bridgehead atoms. The van der Waals surface area contributed by atoms with Crippen molar-refractivity contribution in [3.05, 3.63) is 66.4 Å². The van der Waals surface area contributed by atoms with Gasteiger partial charge in [0.1, 0.15) is 24.5 Å². The first-order chi connectivity index (χ1) is 15.4. The lowest BCUT2D eigenvalue weighted by Crippen LogP contribution is -2.37. The third-order valence-electron chi connectivity index (χ3n) is 6.95. The minimum atomic E-state index is -0.387. The summed E-state index contributed by atoms with van der Waals surface area (Å²) in [6.07, 6.45) is 5.31. The number of ether oxygens (including phenoxy) is 2. The summed E-state index contributed by atoms with van der Waals surface area (Å²) in [5, 5.41) is 1.01. The maximum Gasteiger partial charge on any atom is 0.329 e. The molecule has 4 heteroatoms. The number of hydrogen-bond acceptors (Lipinski definition) is 3. The molecule has 0 spiro atoms. The molecule has 4 unspecified atom stereocenters. The number of carbonyl (C=O) groups excluding carboxylic acids is 1. The molecule has 3 aromatic rings. The van der Waals surface area contributed by atoms with Gasteiger partial charge in [0.2, 0.25) is 0 Å². The van der Waals surface area contributed by atoms with Crippen LogP contribution in [0.25, 0.3) is 10.9 Å². The van der Waals surface area contributed by atoms with Gasteiger partial charge in [-0.25, -0.2) is 4.79 Å². The molecule has 0 radical (unpaired) electrons. The Kier molecular flexibility index (Phi) is 6.88. The number of rotatable bonds is 7. The second-order valence-corrected chi connectivity index (χ2v) is 9.66. The molecule has 1 aliphatic carbocycles. The number of hydrogen-bond donors (Lipinski definition) is 0. The second-order valence-electron chi connectivity index (χ2n) is 9.66. The number of fused-ring (bicyclic) bond motifs is 1. The van der Waals surface area contributed by atoms with Gasteiger partial charge in [-0.3, -0.25) is 0 Å². The van der Waals surface area contributed by atoms with Gasteiger partial charge in [-0.2, -0.15) is 0 Å². The highest BCUT2D eigenvalue weighted by molar-refractivity contribution is 5.88. The van der Waals surface area contributed by atoms with Gasteiger partial charge in [0, 0.05) is 11.6 Å². The lowest BCUT2D eigenvalue weighted by Gasteiger charge is -2.37. The number of nitrogens with zero attached hydrogens (tertiary/aromatic N) is 1. The highest BCUT2D eigenvalue weighted by Crippen LogP contribution is 2.36. The Morgan fingerprint density at radius 3 is 2.56 bits per heavy atom. The van der Waals surface area contributed by atoms with Crippen LogP contribution < -0.4 is 4.74 Å². The van der Waals surface area contributed by atoms with Gasteiger partial charge in [0.05, 0.1) is 5.52 Å². The third-order valence-corrected chi connectivity index (χ3v) is 6.95. The zero-order chi connectivity index (χ0) is 22.7. The predicted octanol–water partition coefficient (Wildman–Crippen LogP) is 6.79. The summed E-state index contributed by atoms with van der Waals surface area (Å²) in [4.78, 5) is 13.1. The summed E-state index contributed by atoms with van der Waals surface area (Å²) in [5.41, 5.74) is 2.11. The first kappa shape index (κ1) is 22.4. The van der Waals surface area contributed by atoms with Crippen molar-refractivity contribution >= 4 is 16.9 Å². The van der Waals surface area contributed by atoms with E-state index in [-0.39, 0.29) is 18.1 Å². The van der Waals surface area contributed by atoms with Crippen LogP contribution in [0, 0.1) is 17.8 Å². The van der Waals surface area contributed by atoms with E-state index in [1.807, 2.05) is 60.2 Å². The standard InChI is InChI=1S/C28H35NO3/c1-19(2)23-14-13-20(3)17-27(23)32-28(30)21(4)29-16-15-24-25(29)11-8-12-26(24)31-18-22-9-6-5-7-10-22/h5-12,15-16,19-21,23,27H,13-14,17-18H2,1-4H3. The summed E-state index contributed by atoms with van der Waals surface area (Å²) in [5.74, 6) is 2.25. The Balaban J connectivity index is 1.49. The summed E-state index contributed by atoms with van der Waals surface area (Å²) in [6.45, 7) is 9.18. The van der Waals surface area contributed by atoms with Crippen LogP contribution in [-0.2, 0) is 16.1 Å². The third kappa shape index (κ3) is 4.85.